The Balaban J connectivity index is 2.62. The quantitative estimate of drug-likeness (QED) is 0.457. The summed E-state index contributed by atoms with van der Waals surface area (Å²) in [5.41, 5.74) is 1.61. The van der Waals surface area contributed by atoms with E-state index >= 15 is 0 Å². The van der Waals surface area contributed by atoms with E-state index in [-0.39, 0.29) is 5.76 Å². The van der Waals surface area contributed by atoms with Crippen LogP contribution in [0.4, 0.5) is 0 Å². The van der Waals surface area contributed by atoms with E-state index in [2.05, 4.69) is 0 Å². The first-order valence-electron chi connectivity index (χ1n) is 3.20. The van der Waals surface area contributed by atoms with Crippen molar-refractivity contribution in [2.24, 2.45) is 0 Å². The molecule has 10 heavy (non-hydrogen) atoms. The van der Waals surface area contributed by atoms with Gasteiger partial charge in [0.25, 0.3) is 0 Å². The topological polar surface area (TPSA) is 26.9 Å². The van der Waals surface area contributed by atoms with Crippen LogP contribution in [0.25, 0.3) is 11.5 Å². The molecule has 2 nitrogen and oxygen atoms in total. The number of fused-ring (bicyclic) bond motifs is 1. The molecule has 1 aliphatic rings. The molecule has 1 aromatic rings. The number of allylic oxidation sites excluding steroid dienone is 1. The summed E-state index contributed by atoms with van der Waals surface area (Å²) in [5.74, 6) is 0.167. The van der Waals surface area contributed by atoms with Gasteiger partial charge in [0.05, 0.1) is 0 Å². The summed E-state index contributed by atoms with van der Waals surface area (Å²) in [5, 5.41) is 11.0. The van der Waals surface area contributed by atoms with Gasteiger partial charge in [0.15, 0.2) is 11.9 Å². The van der Waals surface area contributed by atoms with Gasteiger partial charge < -0.3 is 5.11 Å². The van der Waals surface area contributed by atoms with Crippen molar-refractivity contribution in [3.05, 3.63) is 30.1 Å². The van der Waals surface area contributed by atoms with E-state index in [0.717, 1.165) is 11.4 Å². The maximum Gasteiger partial charge on any atom is 0.209 e. The average molecular weight is 133 g/mol. The predicted octanol–water partition coefficient (Wildman–Crippen LogP) is -0.00650. The molecule has 50 valence electrons. The van der Waals surface area contributed by atoms with Gasteiger partial charge in [-0.05, 0) is 6.07 Å². The molecule has 2 rings (SSSR count). The second kappa shape index (κ2) is 1.59. The lowest BCUT2D eigenvalue weighted by Crippen LogP contribution is -2.46. The second-order valence-corrected chi connectivity index (χ2v) is 2.37. The van der Waals surface area contributed by atoms with Crippen LogP contribution in [0.1, 0.15) is 12.6 Å². The van der Waals surface area contributed by atoms with Crippen molar-refractivity contribution in [3.8, 4) is 0 Å². The van der Waals surface area contributed by atoms with Crippen LogP contribution in [-0.4, -0.2) is 0 Å². The van der Waals surface area contributed by atoms with Gasteiger partial charge in [0, 0.05) is 24.8 Å². The highest BCUT2D eigenvalue weighted by Gasteiger charge is 2.23. The van der Waals surface area contributed by atoms with E-state index in [0.29, 0.717) is 0 Å². The molecule has 0 saturated carbocycles. The van der Waals surface area contributed by atoms with Gasteiger partial charge in [-0.15, -0.1) is 0 Å². The molecule has 0 aliphatic carbocycles. The summed E-state index contributed by atoms with van der Waals surface area (Å²) in [4.78, 5) is 0. The summed E-state index contributed by atoms with van der Waals surface area (Å²) in [7, 11) is 0. The number of rotatable bonds is 0. The summed E-state index contributed by atoms with van der Waals surface area (Å²) in [6.45, 7) is 1.83. The molecule has 0 N–H and O–H groups in total. The maximum atomic E-state index is 11.0. The third kappa shape index (κ3) is 0.460. The number of nitrogens with zero attached hydrogens (tertiary/aromatic N) is 1. The van der Waals surface area contributed by atoms with Gasteiger partial charge in [-0.3, -0.25) is 0 Å². The molecular weight excluding hydrogens is 126 g/mol. The van der Waals surface area contributed by atoms with E-state index in [1.165, 1.54) is 0 Å². The van der Waals surface area contributed by atoms with Crippen molar-refractivity contribution >= 4 is 11.5 Å². The molecule has 0 saturated heterocycles. The number of pyridine rings is 1. The second-order valence-electron chi connectivity index (χ2n) is 2.37. The van der Waals surface area contributed by atoms with E-state index in [9.17, 15) is 5.11 Å². The molecule has 2 heterocycles. The zero-order valence-corrected chi connectivity index (χ0v) is 5.66. The first-order chi connectivity index (χ1) is 4.80. The molecule has 0 radical (unpaired) electrons. The normalized spacial score (nSPS) is 14.5. The predicted molar refractivity (Wildman–Crippen MR) is 35.4 cm³/mol. The zero-order chi connectivity index (χ0) is 7.14. The number of hydrogen-bond donors (Lipinski definition) is 0. The fourth-order valence-corrected chi connectivity index (χ4v) is 1.16. The van der Waals surface area contributed by atoms with E-state index in [1.54, 1.807) is 0 Å². The van der Waals surface area contributed by atoms with Crippen LogP contribution in [0.15, 0.2) is 24.4 Å². The molecule has 1 aromatic heterocycles. The number of hydrogen-bond acceptors (Lipinski definition) is 1. The van der Waals surface area contributed by atoms with E-state index in [4.69, 9.17) is 0 Å². The van der Waals surface area contributed by atoms with Crippen LogP contribution in [-0.2, 0) is 0 Å². The lowest BCUT2D eigenvalue weighted by Gasteiger charge is -2.19. The Kier molecular flexibility index (Phi) is 0.873. The van der Waals surface area contributed by atoms with Crippen LogP contribution in [0, 0.1) is 0 Å². The smallest absolute Gasteiger partial charge is 0.209 e. The molecule has 0 spiro atoms. The maximum absolute atomic E-state index is 11.0. The summed E-state index contributed by atoms with van der Waals surface area (Å²) < 4.78 is 1.89. The lowest BCUT2D eigenvalue weighted by atomic mass is 10.1. The first-order valence-corrected chi connectivity index (χ1v) is 3.20. The van der Waals surface area contributed by atoms with Crippen LogP contribution < -0.4 is 9.67 Å². The Morgan fingerprint density at radius 3 is 2.90 bits per heavy atom. The Morgan fingerprint density at radius 1 is 1.40 bits per heavy atom. The summed E-state index contributed by atoms with van der Waals surface area (Å²) in [6.07, 6.45) is 1.89. The SMILES string of the molecule is CC1=C([O-])c2cccc[n+]21. The highest BCUT2D eigenvalue weighted by Crippen LogP contribution is 2.17. The van der Waals surface area contributed by atoms with Gasteiger partial charge in [-0.25, -0.2) is 0 Å². The molecule has 0 amide bonds. The van der Waals surface area contributed by atoms with Crippen molar-refractivity contribution in [3.63, 3.8) is 0 Å². The van der Waals surface area contributed by atoms with E-state index < -0.39 is 0 Å². The van der Waals surface area contributed by atoms with Gasteiger partial charge in [0.2, 0.25) is 5.69 Å². The van der Waals surface area contributed by atoms with Crippen LogP contribution in [0.2, 0.25) is 0 Å². The third-order valence-electron chi connectivity index (χ3n) is 1.78. The Bertz CT molecular complexity index is 284. The van der Waals surface area contributed by atoms with Gasteiger partial charge in [-0.2, -0.15) is 4.57 Å². The highest BCUT2D eigenvalue weighted by molar-refractivity contribution is 5.73. The summed E-state index contributed by atoms with van der Waals surface area (Å²) >= 11 is 0. The molecular formula is C8H7NO. The monoisotopic (exact) mass is 133 g/mol. The zero-order valence-electron chi connectivity index (χ0n) is 5.66. The summed E-state index contributed by atoms with van der Waals surface area (Å²) in [6, 6.07) is 5.62. The van der Waals surface area contributed by atoms with Gasteiger partial charge >= 0.3 is 0 Å². The van der Waals surface area contributed by atoms with Crippen LogP contribution in [0.3, 0.4) is 0 Å². The van der Waals surface area contributed by atoms with Crippen molar-refractivity contribution in [2.75, 3.05) is 0 Å². The van der Waals surface area contributed by atoms with Gasteiger partial charge in [0.1, 0.15) is 0 Å². The first kappa shape index (κ1) is 5.47. The standard InChI is InChI=1S/C8H7NO/c1-6-8(10)7-4-2-3-5-9(6)7/h2-5H,1H3. The largest absolute Gasteiger partial charge is 0.864 e. The van der Waals surface area contributed by atoms with E-state index in [1.807, 2.05) is 35.9 Å². The highest BCUT2D eigenvalue weighted by atomic mass is 16.3. The Hall–Kier alpha value is -1.31. The van der Waals surface area contributed by atoms with Crippen molar-refractivity contribution in [1.29, 1.82) is 0 Å². The minimum Gasteiger partial charge on any atom is -0.864 e. The molecule has 0 atom stereocenters. The lowest BCUT2D eigenvalue weighted by molar-refractivity contribution is -0.608. The number of aromatic nitrogens is 1. The van der Waals surface area contributed by atoms with Crippen molar-refractivity contribution in [1.82, 2.24) is 0 Å². The van der Waals surface area contributed by atoms with Crippen molar-refractivity contribution in [2.45, 2.75) is 6.92 Å². The molecule has 0 aromatic carbocycles. The van der Waals surface area contributed by atoms with Crippen LogP contribution in [0.5, 0.6) is 0 Å². The molecule has 0 bridgehead atoms. The van der Waals surface area contributed by atoms with Gasteiger partial charge in [-0.1, -0.05) is 0 Å². The Labute approximate surface area is 59.1 Å². The molecule has 0 unspecified atom stereocenters. The third-order valence-corrected chi connectivity index (χ3v) is 1.78. The minimum atomic E-state index is 0.167. The molecule has 2 heteroatoms. The molecule has 1 aliphatic heterocycles. The van der Waals surface area contributed by atoms with Crippen LogP contribution >= 0.6 is 0 Å². The fourth-order valence-electron chi connectivity index (χ4n) is 1.16. The minimum absolute atomic E-state index is 0.167. The Morgan fingerprint density at radius 2 is 2.20 bits per heavy atom. The van der Waals surface area contributed by atoms with Crippen molar-refractivity contribution < 1.29 is 9.67 Å². The molecule has 0 fully saturated rings. The fraction of sp³-hybridized carbons (Fsp3) is 0.125. The average Bonchev–Trinajstić information content (AvgIpc) is 2.03.